The van der Waals surface area contributed by atoms with Gasteiger partial charge in [-0.15, -0.1) is 0 Å². The van der Waals surface area contributed by atoms with Crippen LogP contribution in [0.15, 0.2) is 60.7 Å². The summed E-state index contributed by atoms with van der Waals surface area (Å²) >= 11 is 0. The van der Waals surface area contributed by atoms with Crippen molar-refractivity contribution in [2.24, 2.45) is 0 Å². The zero-order chi connectivity index (χ0) is 30.6. The molecular formula is C29H42N2O9Si. The van der Waals surface area contributed by atoms with Crippen LogP contribution in [0.4, 0.5) is 9.59 Å². The Morgan fingerprint density at radius 3 is 1.76 bits per heavy atom. The summed E-state index contributed by atoms with van der Waals surface area (Å²) in [5.74, 6) is -0.896. The lowest BCUT2D eigenvalue weighted by molar-refractivity contribution is -0.189. The Morgan fingerprint density at radius 2 is 1.32 bits per heavy atom. The summed E-state index contributed by atoms with van der Waals surface area (Å²) in [6.07, 6.45) is -4.40. The maximum atomic E-state index is 13.6. The van der Waals surface area contributed by atoms with Crippen LogP contribution in [-0.4, -0.2) is 71.2 Å². The molecule has 0 bridgehead atoms. The smallest absolute Gasteiger partial charge is 0.430 e. The summed E-state index contributed by atoms with van der Waals surface area (Å²) in [5, 5.41) is 0.420. The molecule has 2 rings (SSSR count). The highest BCUT2D eigenvalue weighted by molar-refractivity contribution is 6.74. The quantitative estimate of drug-likeness (QED) is 0.119. The van der Waals surface area contributed by atoms with Crippen LogP contribution in [0.3, 0.4) is 0 Å². The number of hydrogen-bond acceptors (Lipinski definition) is 9. The zero-order valence-electron chi connectivity index (χ0n) is 25.0. The number of nitrogens with one attached hydrogen (secondary N) is 1. The fraction of sp³-hybridized carbons (Fsp3) is 0.483. The summed E-state index contributed by atoms with van der Waals surface area (Å²) in [4.78, 5) is 39.9. The summed E-state index contributed by atoms with van der Waals surface area (Å²) in [5.41, 5.74) is 3.79. The van der Waals surface area contributed by atoms with Crippen LogP contribution in [0.1, 0.15) is 31.9 Å². The fourth-order valence-corrected chi connectivity index (χ4v) is 4.80. The first kappa shape index (κ1) is 33.8. The molecule has 0 saturated carbocycles. The number of amides is 2. The van der Waals surface area contributed by atoms with Crippen LogP contribution in [0, 0.1) is 0 Å². The molecule has 1 N–H and O–H groups in total. The van der Waals surface area contributed by atoms with Gasteiger partial charge in [-0.25, -0.2) is 19.8 Å². The number of nitrogens with zero attached hydrogens (tertiary/aromatic N) is 1. The predicted molar refractivity (Wildman–Crippen MR) is 154 cm³/mol. The van der Waals surface area contributed by atoms with E-state index in [2.05, 4.69) is 5.43 Å². The molecule has 0 saturated heterocycles. The first-order valence-corrected chi connectivity index (χ1v) is 16.0. The van der Waals surface area contributed by atoms with Gasteiger partial charge in [-0.1, -0.05) is 81.4 Å². The van der Waals surface area contributed by atoms with Crippen LogP contribution in [0.25, 0.3) is 0 Å². The Labute approximate surface area is 243 Å². The molecule has 2 aromatic carbocycles. The molecule has 12 heteroatoms. The van der Waals surface area contributed by atoms with E-state index >= 15 is 0 Å². The Bertz CT molecular complexity index is 1110. The van der Waals surface area contributed by atoms with Crippen molar-refractivity contribution in [1.29, 1.82) is 0 Å². The van der Waals surface area contributed by atoms with Gasteiger partial charge in [0.1, 0.15) is 19.3 Å². The molecule has 0 unspecified atom stereocenters. The van der Waals surface area contributed by atoms with Crippen molar-refractivity contribution in [3.63, 3.8) is 0 Å². The lowest BCUT2D eigenvalue weighted by Gasteiger charge is -2.44. The van der Waals surface area contributed by atoms with Gasteiger partial charge >= 0.3 is 18.2 Å². The Hall–Kier alpha value is -3.45. The molecule has 2 amide bonds. The van der Waals surface area contributed by atoms with Crippen molar-refractivity contribution >= 4 is 26.5 Å². The molecule has 0 aliphatic carbocycles. The molecule has 2 atom stereocenters. The average Bonchev–Trinajstić information content (AvgIpc) is 2.95. The third-order valence-electron chi connectivity index (χ3n) is 6.83. The SMILES string of the molecule is COC(=O)[C@H]([C@@H](O[Si](C)(C)C(C)(C)C)C(OC)OC)N(NC(=O)OCc1ccccc1)C(=O)OCc1ccccc1. The van der Waals surface area contributed by atoms with Crippen molar-refractivity contribution in [2.75, 3.05) is 21.3 Å². The summed E-state index contributed by atoms with van der Waals surface area (Å²) in [6.45, 7) is 9.78. The van der Waals surface area contributed by atoms with Crippen molar-refractivity contribution in [3.8, 4) is 0 Å². The Balaban J connectivity index is 2.49. The second kappa shape index (κ2) is 15.5. The van der Waals surface area contributed by atoms with E-state index in [1.807, 2.05) is 46.0 Å². The predicted octanol–water partition coefficient (Wildman–Crippen LogP) is 5.02. The molecule has 0 aliphatic rings. The van der Waals surface area contributed by atoms with Gasteiger partial charge in [0.05, 0.1) is 7.11 Å². The number of carbonyl (C=O) groups excluding carboxylic acids is 3. The van der Waals surface area contributed by atoms with Crippen molar-refractivity contribution in [2.45, 2.75) is 70.6 Å². The molecule has 226 valence electrons. The Morgan fingerprint density at radius 1 is 0.829 bits per heavy atom. The third-order valence-corrected chi connectivity index (χ3v) is 11.3. The maximum absolute atomic E-state index is 13.6. The maximum Gasteiger partial charge on any atom is 0.430 e. The van der Waals surface area contributed by atoms with E-state index in [4.69, 9.17) is 28.1 Å². The van der Waals surface area contributed by atoms with E-state index in [0.29, 0.717) is 10.6 Å². The third kappa shape index (κ3) is 9.85. The number of carbonyl (C=O) groups is 3. The average molecular weight is 591 g/mol. The van der Waals surface area contributed by atoms with Crippen molar-refractivity contribution < 1.29 is 42.5 Å². The zero-order valence-corrected chi connectivity index (χ0v) is 26.0. The first-order valence-electron chi connectivity index (χ1n) is 13.1. The van der Waals surface area contributed by atoms with Crippen LogP contribution in [-0.2, 0) is 46.1 Å². The van der Waals surface area contributed by atoms with Crippen molar-refractivity contribution in [3.05, 3.63) is 71.8 Å². The van der Waals surface area contributed by atoms with Gasteiger partial charge in [0.25, 0.3) is 0 Å². The molecule has 0 aromatic heterocycles. The molecule has 0 radical (unpaired) electrons. The lowest BCUT2D eigenvalue weighted by Crippen LogP contribution is -2.64. The molecule has 0 spiro atoms. The van der Waals surface area contributed by atoms with Gasteiger partial charge in [-0.05, 0) is 29.3 Å². The van der Waals surface area contributed by atoms with Crippen LogP contribution >= 0.6 is 0 Å². The van der Waals surface area contributed by atoms with E-state index in [1.165, 1.54) is 14.2 Å². The van der Waals surface area contributed by atoms with Crippen LogP contribution in [0.2, 0.25) is 18.1 Å². The van der Waals surface area contributed by atoms with E-state index in [1.54, 1.807) is 48.5 Å². The molecule has 2 aromatic rings. The highest BCUT2D eigenvalue weighted by Crippen LogP contribution is 2.38. The molecule has 0 aliphatic heterocycles. The summed E-state index contributed by atoms with van der Waals surface area (Å²) in [6, 6.07) is 16.4. The number of ether oxygens (including phenoxy) is 5. The number of benzene rings is 2. The van der Waals surface area contributed by atoms with Gasteiger partial charge in [-0.3, -0.25) is 0 Å². The molecule has 11 nitrogen and oxygen atoms in total. The number of hydrogen-bond donors (Lipinski definition) is 1. The highest BCUT2D eigenvalue weighted by atomic mass is 28.4. The first-order chi connectivity index (χ1) is 19.3. The van der Waals surface area contributed by atoms with Gasteiger partial charge in [0.15, 0.2) is 20.6 Å². The largest absolute Gasteiger partial charge is 0.467 e. The minimum absolute atomic E-state index is 0.0782. The van der Waals surface area contributed by atoms with Gasteiger partial charge in [-0.2, -0.15) is 5.01 Å². The number of esters is 1. The molecule has 0 fully saturated rings. The molecular weight excluding hydrogens is 548 g/mol. The van der Waals surface area contributed by atoms with E-state index < -0.39 is 44.9 Å². The fourth-order valence-electron chi connectivity index (χ4n) is 3.53. The Kier molecular flexibility index (Phi) is 12.8. The van der Waals surface area contributed by atoms with Gasteiger partial charge < -0.3 is 28.1 Å². The normalized spacial score (nSPS) is 13.2. The lowest BCUT2D eigenvalue weighted by atomic mass is 10.1. The standard InChI is InChI=1S/C29H42N2O9Si/c1-29(2,3)41(7,8)40-24(26(36-5)37-6)23(25(32)35-4)31(28(34)39-20-22-17-13-10-14-18-22)30-27(33)38-19-21-15-11-9-12-16-21/h9-18,23-24,26H,19-20H2,1-8H3,(H,30,33)/t23-,24+/m0/s1. The topological polar surface area (TPSA) is 122 Å². The number of rotatable bonds is 12. The van der Waals surface area contributed by atoms with Gasteiger partial charge in [0, 0.05) is 14.2 Å². The van der Waals surface area contributed by atoms with E-state index in [9.17, 15) is 14.4 Å². The van der Waals surface area contributed by atoms with Crippen molar-refractivity contribution in [1.82, 2.24) is 10.4 Å². The van der Waals surface area contributed by atoms with Gasteiger partial charge in [0.2, 0.25) is 0 Å². The monoisotopic (exact) mass is 590 g/mol. The number of methoxy groups -OCH3 is 3. The van der Waals surface area contributed by atoms with Crippen LogP contribution < -0.4 is 5.43 Å². The molecule has 41 heavy (non-hydrogen) atoms. The second-order valence-corrected chi connectivity index (χ2v) is 15.5. The second-order valence-electron chi connectivity index (χ2n) is 10.7. The minimum atomic E-state index is -2.63. The minimum Gasteiger partial charge on any atom is -0.467 e. The highest BCUT2D eigenvalue weighted by Gasteiger charge is 2.50. The van der Waals surface area contributed by atoms with Crippen LogP contribution in [0.5, 0.6) is 0 Å². The summed E-state index contributed by atoms with van der Waals surface area (Å²) < 4.78 is 33.5. The molecule has 0 heterocycles. The van der Waals surface area contributed by atoms with E-state index in [0.717, 1.165) is 12.7 Å². The summed E-state index contributed by atoms with van der Waals surface area (Å²) in [7, 11) is 1.29. The number of hydrazine groups is 1. The van der Waals surface area contributed by atoms with E-state index in [-0.39, 0.29) is 18.3 Å².